The molecule has 35 heavy (non-hydrogen) atoms. The normalized spacial score (nSPS) is 12.8. The number of amides is 2. The number of hydrogen-bond acceptors (Lipinski definition) is 3. The molecule has 192 valence electrons. The molecule has 0 spiro atoms. The molecule has 6 nitrogen and oxygen atoms in total. The molecule has 0 heterocycles. The molecule has 0 saturated heterocycles. The Hall–Kier alpha value is -3.28. The first kappa shape index (κ1) is 28.0. The molecule has 12 heteroatoms. The van der Waals surface area contributed by atoms with Gasteiger partial charge in [-0.25, -0.2) is 4.79 Å². The van der Waals surface area contributed by atoms with Gasteiger partial charge in [0, 0.05) is 32.5 Å². The van der Waals surface area contributed by atoms with E-state index in [4.69, 9.17) is 9.84 Å². The van der Waals surface area contributed by atoms with Gasteiger partial charge in [-0.2, -0.15) is 26.3 Å². The van der Waals surface area contributed by atoms with Crippen LogP contribution in [0.2, 0.25) is 0 Å². The molecule has 2 aromatic carbocycles. The first-order valence-electron chi connectivity index (χ1n) is 10.4. The van der Waals surface area contributed by atoms with E-state index in [2.05, 4.69) is 5.32 Å². The maximum absolute atomic E-state index is 13.1. The highest BCUT2D eigenvalue weighted by Crippen LogP contribution is 2.36. The average molecular weight is 506 g/mol. The van der Waals surface area contributed by atoms with Crippen LogP contribution in [0.3, 0.4) is 0 Å². The lowest BCUT2D eigenvalue weighted by molar-refractivity contribution is -0.143. The Balaban J connectivity index is 2.12. The monoisotopic (exact) mass is 506 g/mol. The third-order valence-corrected chi connectivity index (χ3v) is 5.04. The molecule has 2 amide bonds. The van der Waals surface area contributed by atoms with Crippen LogP contribution in [0.15, 0.2) is 48.5 Å². The van der Waals surface area contributed by atoms with Crippen LogP contribution in [-0.4, -0.2) is 48.8 Å². The van der Waals surface area contributed by atoms with Crippen molar-refractivity contribution in [3.63, 3.8) is 0 Å². The maximum atomic E-state index is 13.1. The second kappa shape index (κ2) is 11.9. The Morgan fingerprint density at radius 2 is 1.57 bits per heavy atom. The highest BCUT2D eigenvalue weighted by molar-refractivity contribution is 5.76. The molecule has 2 rings (SSSR count). The van der Waals surface area contributed by atoms with E-state index in [0.29, 0.717) is 12.1 Å². The zero-order chi connectivity index (χ0) is 26.2. The Labute approximate surface area is 197 Å². The van der Waals surface area contributed by atoms with E-state index in [9.17, 15) is 35.9 Å². The third-order valence-electron chi connectivity index (χ3n) is 5.04. The summed E-state index contributed by atoms with van der Waals surface area (Å²) in [5, 5.41) is 10.7. The summed E-state index contributed by atoms with van der Waals surface area (Å²) >= 11 is 0. The van der Waals surface area contributed by atoms with Crippen LogP contribution in [0, 0.1) is 0 Å². The zero-order valence-corrected chi connectivity index (χ0v) is 18.6. The highest BCUT2D eigenvalue weighted by atomic mass is 19.4. The molecule has 0 radical (unpaired) electrons. The molecule has 0 saturated carbocycles. The van der Waals surface area contributed by atoms with Crippen LogP contribution in [0.5, 0.6) is 0 Å². The fourth-order valence-electron chi connectivity index (χ4n) is 3.30. The van der Waals surface area contributed by atoms with Gasteiger partial charge < -0.3 is 20.1 Å². The third kappa shape index (κ3) is 9.12. The van der Waals surface area contributed by atoms with Gasteiger partial charge in [0.1, 0.15) is 0 Å². The summed E-state index contributed by atoms with van der Waals surface area (Å²) in [4.78, 5) is 24.2. The van der Waals surface area contributed by atoms with Gasteiger partial charge in [0.2, 0.25) is 5.91 Å². The largest absolute Gasteiger partial charge is 0.465 e. The van der Waals surface area contributed by atoms with Gasteiger partial charge in [-0.15, -0.1) is 0 Å². The zero-order valence-electron chi connectivity index (χ0n) is 18.6. The summed E-state index contributed by atoms with van der Waals surface area (Å²) in [7, 11) is 1.50. The molecular formula is C23H24F6N2O4. The number of halogens is 6. The van der Waals surface area contributed by atoms with E-state index in [1.165, 1.54) is 11.9 Å². The van der Waals surface area contributed by atoms with Crippen molar-refractivity contribution >= 4 is 12.0 Å². The Bertz CT molecular complexity index is 963. The lowest BCUT2D eigenvalue weighted by atomic mass is 9.99. The van der Waals surface area contributed by atoms with E-state index in [1.54, 1.807) is 30.3 Å². The number of ether oxygens (including phenoxy) is 1. The number of benzene rings is 2. The van der Waals surface area contributed by atoms with Gasteiger partial charge in [0.05, 0.1) is 24.3 Å². The number of alkyl halides is 6. The van der Waals surface area contributed by atoms with Crippen LogP contribution >= 0.6 is 0 Å². The summed E-state index contributed by atoms with van der Waals surface area (Å²) in [6.45, 7) is -0.544. The lowest BCUT2D eigenvalue weighted by Crippen LogP contribution is -2.35. The number of nitrogens with zero attached hydrogens (tertiary/aromatic N) is 1. The minimum Gasteiger partial charge on any atom is -0.465 e. The number of carbonyl (C=O) groups is 2. The van der Waals surface area contributed by atoms with Gasteiger partial charge in [-0.05, 0) is 29.3 Å². The van der Waals surface area contributed by atoms with E-state index < -0.39 is 42.1 Å². The van der Waals surface area contributed by atoms with Crippen LogP contribution in [0.25, 0.3) is 0 Å². The molecule has 1 unspecified atom stereocenters. The van der Waals surface area contributed by atoms with E-state index in [-0.39, 0.29) is 43.7 Å². The lowest BCUT2D eigenvalue weighted by Gasteiger charge is -2.25. The molecule has 0 aliphatic heterocycles. The molecule has 2 N–H and O–H groups in total. The van der Waals surface area contributed by atoms with Gasteiger partial charge in [0.25, 0.3) is 0 Å². The molecular weight excluding hydrogens is 482 g/mol. The first-order chi connectivity index (χ1) is 16.3. The summed E-state index contributed by atoms with van der Waals surface area (Å²) in [6, 6.07) is 10.0. The number of likely N-dealkylation sites (N-methyl/N-ethyl adjacent to an activating group) is 1. The van der Waals surface area contributed by atoms with Crippen molar-refractivity contribution in [2.45, 2.75) is 31.3 Å². The number of nitrogens with one attached hydrogen (secondary N) is 1. The van der Waals surface area contributed by atoms with Gasteiger partial charge >= 0.3 is 18.4 Å². The number of carbonyl (C=O) groups excluding carboxylic acids is 1. The summed E-state index contributed by atoms with van der Waals surface area (Å²) in [5.74, 6) is -0.794. The fraction of sp³-hybridized carbons (Fsp3) is 0.391. The number of rotatable bonds is 10. The molecule has 0 aliphatic carbocycles. The Morgan fingerprint density at radius 3 is 2.09 bits per heavy atom. The molecule has 1 atom stereocenters. The van der Waals surface area contributed by atoms with Gasteiger partial charge in [-0.1, -0.05) is 30.3 Å². The molecule has 0 bridgehead atoms. The number of carboxylic acid groups (broad SMARTS) is 1. The van der Waals surface area contributed by atoms with Crippen molar-refractivity contribution in [1.29, 1.82) is 0 Å². The Kier molecular flexibility index (Phi) is 9.52. The van der Waals surface area contributed by atoms with Crippen molar-refractivity contribution in [2.75, 3.05) is 26.7 Å². The van der Waals surface area contributed by atoms with Crippen LogP contribution < -0.4 is 5.32 Å². The molecule has 2 aromatic rings. The standard InChI is InChI=1S/C23H24F6N2O4/c1-31(20(32)7-8-30-21(33)34)12-17(16-5-3-2-4-6-16)14-35-13-15-9-18(22(24,25)26)11-19(10-15)23(27,28)29/h2-6,9-11,17,30H,7-8,12-14H2,1H3,(H,33,34). The predicted octanol–water partition coefficient (Wildman–Crippen LogP) is 5.14. The SMILES string of the molecule is CN(CC(COCc1cc(C(F)(F)F)cc(C(F)(F)F)c1)c1ccccc1)C(=O)CCNC(=O)O. The topological polar surface area (TPSA) is 78.9 Å². The van der Waals surface area contributed by atoms with Crippen molar-refractivity contribution < 1.29 is 45.8 Å². The molecule has 0 aliphatic rings. The first-order valence-corrected chi connectivity index (χ1v) is 10.4. The van der Waals surface area contributed by atoms with E-state index in [1.807, 2.05) is 0 Å². The van der Waals surface area contributed by atoms with Gasteiger partial charge in [-0.3, -0.25) is 4.79 Å². The average Bonchev–Trinajstić information content (AvgIpc) is 2.77. The van der Waals surface area contributed by atoms with Crippen molar-refractivity contribution in [3.8, 4) is 0 Å². The quantitative estimate of drug-likeness (QED) is 0.438. The van der Waals surface area contributed by atoms with Crippen molar-refractivity contribution in [2.24, 2.45) is 0 Å². The van der Waals surface area contributed by atoms with Crippen LogP contribution in [0.4, 0.5) is 31.1 Å². The Morgan fingerprint density at radius 1 is 1.00 bits per heavy atom. The highest BCUT2D eigenvalue weighted by Gasteiger charge is 2.36. The number of hydrogen-bond donors (Lipinski definition) is 2. The second-order valence-corrected chi connectivity index (χ2v) is 7.79. The summed E-state index contributed by atoms with van der Waals surface area (Å²) in [6.07, 6.45) is -11.3. The molecule has 0 fully saturated rings. The minimum absolute atomic E-state index is 0.0516. The minimum atomic E-state index is -4.96. The van der Waals surface area contributed by atoms with Crippen LogP contribution in [0.1, 0.15) is 34.6 Å². The van der Waals surface area contributed by atoms with Crippen LogP contribution in [-0.2, 0) is 28.5 Å². The maximum Gasteiger partial charge on any atom is 0.416 e. The predicted molar refractivity (Wildman–Crippen MR) is 114 cm³/mol. The van der Waals surface area contributed by atoms with Crippen molar-refractivity contribution in [1.82, 2.24) is 10.2 Å². The summed E-state index contributed by atoms with van der Waals surface area (Å²) < 4.78 is 84.0. The second-order valence-electron chi connectivity index (χ2n) is 7.79. The van der Waals surface area contributed by atoms with E-state index >= 15 is 0 Å². The summed E-state index contributed by atoms with van der Waals surface area (Å²) in [5.41, 5.74) is -2.39. The van der Waals surface area contributed by atoms with Crippen molar-refractivity contribution in [3.05, 3.63) is 70.8 Å². The van der Waals surface area contributed by atoms with E-state index in [0.717, 1.165) is 5.56 Å². The smallest absolute Gasteiger partial charge is 0.416 e. The fourth-order valence-corrected chi connectivity index (χ4v) is 3.30. The molecule has 0 aromatic heterocycles. The van der Waals surface area contributed by atoms with Gasteiger partial charge in [0.15, 0.2) is 0 Å².